The van der Waals surface area contributed by atoms with E-state index in [1.807, 2.05) is 0 Å². The van der Waals surface area contributed by atoms with Crippen molar-refractivity contribution in [3.63, 3.8) is 0 Å². The smallest absolute Gasteiger partial charge is 0.181 e. The second kappa shape index (κ2) is 6.28. The number of halogens is 2. The van der Waals surface area contributed by atoms with Gasteiger partial charge in [0.2, 0.25) is 0 Å². The van der Waals surface area contributed by atoms with Crippen LogP contribution in [-0.2, 0) is 16.4 Å². The molecule has 0 radical (unpaired) electrons. The Morgan fingerprint density at radius 3 is 2.40 bits per heavy atom. The van der Waals surface area contributed by atoms with Crippen LogP contribution in [0.3, 0.4) is 0 Å². The summed E-state index contributed by atoms with van der Waals surface area (Å²) in [6.07, 6.45) is 0.719. The Kier molecular flexibility index (Phi) is 4.43. The van der Waals surface area contributed by atoms with Gasteiger partial charge in [-0.05, 0) is 24.6 Å². The van der Waals surface area contributed by atoms with Crippen molar-refractivity contribution in [1.29, 1.82) is 0 Å². The molecule has 0 unspecified atom stereocenters. The number of thiazole rings is 1. The zero-order chi connectivity index (χ0) is 18.4. The summed E-state index contributed by atoms with van der Waals surface area (Å²) in [6.45, 7) is 1.22. The highest BCUT2D eigenvalue weighted by molar-refractivity contribution is 7.90. The third-order valence-corrected chi connectivity index (χ3v) is 5.48. The molecule has 0 fully saturated rings. The van der Waals surface area contributed by atoms with Crippen LogP contribution in [0.5, 0.6) is 0 Å². The molecule has 2 aromatic heterocycles. The lowest BCUT2D eigenvalue weighted by molar-refractivity contribution is 0.230. The Hall–Kier alpha value is -2.17. The van der Waals surface area contributed by atoms with E-state index in [2.05, 4.69) is 10.1 Å². The van der Waals surface area contributed by atoms with E-state index in [1.165, 1.54) is 11.3 Å². The van der Waals surface area contributed by atoms with E-state index in [1.54, 1.807) is 12.3 Å². The van der Waals surface area contributed by atoms with Crippen molar-refractivity contribution in [2.75, 3.05) is 6.26 Å². The topological polar surface area (TPSA) is 93.3 Å². The second-order valence-corrected chi connectivity index (χ2v) is 8.13. The first-order valence-corrected chi connectivity index (χ1v) is 9.71. The van der Waals surface area contributed by atoms with Crippen LogP contribution in [-0.4, -0.2) is 29.9 Å². The van der Waals surface area contributed by atoms with Crippen molar-refractivity contribution in [3.8, 4) is 21.8 Å². The van der Waals surface area contributed by atoms with Crippen molar-refractivity contribution in [2.45, 2.75) is 18.4 Å². The molecule has 6 nitrogen and oxygen atoms in total. The quantitative estimate of drug-likeness (QED) is 0.741. The largest absolute Gasteiger partial charge is 0.388 e. The summed E-state index contributed by atoms with van der Waals surface area (Å²) in [5, 5.41) is 15.5. The van der Waals surface area contributed by atoms with Gasteiger partial charge < -0.3 is 9.63 Å². The molecule has 10 heteroatoms. The molecule has 0 aliphatic carbocycles. The van der Waals surface area contributed by atoms with Crippen LogP contribution >= 0.6 is 11.3 Å². The molecule has 0 saturated carbocycles. The molecule has 0 aliphatic rings. The normalized spacial score (nSPS) is 11.9. The molecule has 132 valence electrons. The zero-order valence-electron chi connectivity index (χ0n) is 13.1. The standard InChI is InChI=1S/C15H12F2N2O4S2/c1-7-6-24-15(18-7)13-12(11(5-20)23-19-13)8-3-9(16)14(10(17)4-8)25(2,21)22/h3-4,6,20H,5H2,1-2H3. The lowest BCUT2D eigenvalue weighted by atomic mass is 10.0. The average Bonchev–Trinajstić information content (AvgIpc) is 3.10. The molecule has 0 saturated heterocycles. The van der Waals surface area contributed by atoms with E-state index in [-0.39, 0.29) is 22.6 Å². The SMILES string of the molecule is Cc1csc(-c2noc(CO)c2-c2cc(F)c(S(C)(=O)=O)c(F)c2)n1. The number of rotatable bonds is 4. The Morgan fingerprint density at radius 1 is 1.28 bits per heavy atom. The zero-order valence-corrected chi connectivity index (χ0v) is 14.7. The van der Waals surface area contributed by atoms with Gasteiger partial charge in [0.15, 0.2) is 21.3 Å². The van der Waals surface area contributed by atoms with Gasteiger partial charge in [-0.1, -0.05) is 5.16 Å². The maximum absolute atomic E-state index is 14.2. The highest BCUT2D eigenvalue weighted by atomic mass is 32.2. The van der Waals surface area contributed by atoms with Gasteiger partial charge in [0.1, 0.15) is 28.1 Å². The molecule has 25 heavy (non-hydrogen) atoms. The Bertz CT molecular complexity index is 1030. The van der Waals surface area contributed by atoms with Crippen LogP contribution in [0.2, 0.25) is 0 Å². The molecule has 3 aromatic rings. The number of aliphatic hydroxyl groups excluding tert-OH is 1. The van der Waals surface area contributed by atoms with E-state index in [0.29, 0.717) is 5.01 Å². The molecular formula is C15H12F2N2O4S2. The number of nitrogens with zero attached hydrogens (tertiary/aromatic N) is 2. The molecule has 3 rings (SSSR count). The molecule has 0 bridgehead atoms. The molecule has 1 aromatic carbocycles. The third kappa shape index (κ3) is 3.20. The van der Waals surface area contributed by atoms with Gasteiger partial charge in [-0.3, -0.25) is 0 Å². The summed E-state index contributed by atoms with van der Waals surface area (Å²) >= 11 is 1.25. The maximum Gasteiger partial charge on any atom is 0.181 e. The van der Waals surface area contributed by atoms with E-state index >= 15 is 0 Å². The number of benzene rings is 1. The van der Waals surface area contributed by atoms with E-state index in [9.17, 15) is 22.3 Å². The number of hydrogen-bond acceptors (Lipinski definition) is 7. The summed E-state index contributed by atoms with van der Waals surface area (Å²) in [7, 11) is -4.07. The second-order valence-electron chi connectivity index (χ2n) is 5.32. The minimum Gasteiger partial charge on any atom is -0.388 e. The first kappa shape index (κ1) is 17.6. The van der Waals surface area contributed by atoms with Gasteiger partial charge in [0, 0.05) is 17.3 Å². The van der Waals surface area contributed by atoms with Crippen molar-refractivity contribution in [2.24, 2.45) is 0 Å². The van der Waals surface area contributed by atoms with Crippen LogP contribution in [0.25, 0.3) is 21.8 Å². The van der Waals surface area contributed by atoms with Crippen LogP contribution < -0.4 is 0 Å². The number of aryl methyl sites for hydroxylation is 1. The first-order valence-electron chi connectivity index (χ1n) is 6.93. The van der Waals surface area contributed by atoms with Crippen LogP contribution in [0.15, 0.2) is 26.9 Å². The Balaban J connectivity index is 2.25. The molecule has 0 atom stereocenters. The molecule has 0 aliphatic heterocycles. The number of sulfone groups is 1. The molecule has 0 spiro atoms. The van der Waals surface area contributed by atoms with Gasteiger partial charge in [-0.15, -0.1) is 11.3 Å². The first-order chi connectivity index (χ1) is 11.7. The number of aliphatic hydroxyl groups is 1. The van der Waals surface area contributed by atoms with E-state index in [0.717, 1.165) is 24.1 Å². The molecule has 0 amide bonds. The van der Waals surface area contributed by atoms with Crippen LogP contribution in [0.4, 0.5) is 8.78 Å². The van der Waals surface area contributed by atoms with Gasteiger partial charge in [0.05, 0.1) is 5.56 Å². The average molecular weight is 386 g/mol. The third-order valence-electron chi connectivity index (χ3n) is 3.39. The van der Waals surface area contributed by atoms with Crippen molar-refractivity contribution in [3.05, 3.63) is 40.6 Å². The van der Waals surface area contributed by atoms with Gasteiger partial charge >= 0.3 is 0 Å². The summed E-state index contributed by atoms with van der Waals surface area (Å²) in [4.78, 5) is 3.24. The summed E-state index contributed by atoms with van der Waals surface area (Å²) in [6, 6.07) is 1.74. The molecular weight excluding hydrogens is 374 g/mol. The van der Waals surface area contributed by atoms with Gasteiger partial charge in [-0.25, -0.2) is 22.2 Å². The fourth-order valence-corrected chi connectivity index (χ4v) is 4.01. The Labute approximate surface area is 145 Å². The predicted molar refractivity (Wildman–Crippen MR) is 86.7 cm³/mol. The van der Waals surface area contributed by atoms with E-state index in [4.69, 9.17) is 4.52 Å². The van der Waals surface area contributed by atoms with Crippen molar-refractivity contribution in [1.82, 2.24) is 10.1 Å². The number of aromatic nitrogens is 2. The summed E-state index contributed by atoms with van der Waals surface area (Å²) in [5.74, 6) is -2.47. The van der Waals surface area contributed by atoms with Gasteiger partial charge in [0.25, 0.3) is 0 Å². The molecule has 1 N–H and O–H groups in total. The summed E-state index contributed by atoms with van der Waals surface area (Å²) in [5.41, 5.74) is 1.10. The lowest BCUT2D eigenvalue weighted by Crippen LogP contribution is -2.05. The minimum atomic E-state index is -4.07. The fourth-order valence-electron chi connectivity index (χ4n) is 2.40. The van der Waals surface area contributed by atoms with Gasteiger partial charge in [-0.2, -0.15) is 0 Å². The van der Waals surface area contributed by atoms with E-state index < -0.39 is 33.0 Å². The lowest BCUT2D eigenvalue weighted by Gasteiger charge is -2.07. The Morgan fingerprint density at radius 2 is 1.92 bits per heavy atom. The van der Waals surface area contributed by atoms with Crippen LogP contribution in [0, 0.1) is 18.6 Å². The highest BCUT2D eigenvalue weighted by Gasteiger charge is 2.26. The molecule has 2 heterocycles. The predicted octanol–water partition coefficient (Wildman–Crippen LogP) is 2.95. The highest BCUT2D eigenvalue weighted by Crippen LogP contribution is 2.37. The summed E-state index contributed by atoms with van der Waals surface area (Å²) < 4.78 is 56.6. The van der Waals surface area contributed by atoms with Crippen molar-refractivity contribution >= 4 is 21.2 Å². The van der Waals surface area contributed by atoms with Crippen molar-refractivity contribution < 1.29 is 26.8 Å². The fraction of sp³-hybridized carbons (Fsp3) is 0.200. The minimum absolute atomic E-state index is 0.00412. The number of hydrogen-bond donors (Lipinski definition) is 1. The monoisotopic (exact) mass is 386 g/mol. The maximum atomic E-state index is 14.2. The van der Waals surface area contributed by atoms with Crippen LogP contribution in [0.1, 0.15) is 11.5 Å².